The smallest absolute Gasteiger partial charge is 0.261 e. The molecule has 5 heteroatoms. The third-order valence-electron chi connectivity index (χ3n) is 3.05. The highest BCUT2D eigenvalue weighted by Gasteiger charge is 2.23. The van der Waals surface area contributed by atoms with Gasteiger partial charge in [0, 0.05) is 12.6 Å². The van der Waals surface area contributed by atoms with Crippen molar-refractivity contribution in [2.75, 3.05) is 13.7 Å². The van der Waals surface area contributed by atoms with Gasteiger partial charge in [-0.25, -0.2) is 0 Å². The van der Waals surface area contributed by atoms with Crippen LogP contribution in [0.25, 0.3) is 0 Å². The number of carbonyl (C=O) groups is 1. The minimum atomic E-state index is -0.496. The summed E-state index contributed by atoms with van der Waals surface area (Å²) in [5.74, 6) is 0.864. The number of nitrogens with zero attached hydrogens (tertiary/aromatic N) is 1. The molecule has 1 N–H and O–H groups in total. The topological polar surface area (TPSA) is 71.3 Å². The summed E-state index contributed by atoms with van der Waals surface area (Å²) in [6.45, 7) is 0.698. The largest absolute Gasteiger partial charge is 0.493 e. The average molecular weight is 260 g/mol. The Bertz CT molecular complexity index is 508. The maximum absolute atomic E-state index is 11.8. The molecule has 5 nitrogen and oxygen atoms in total. The first-order chi connectivity index (χ1) is 9.24. The van der Waals surface area contributed by atoms with Crippen LogP contribution in [0.3, 0.4) is 0 Å². The lowest BCUT2D eigenvalue weighted by molar-refractivity contribution is -0.127. The highest BCUT2D eigenvalue weighted by Crippen LogP contribution is 2.29. The Kier molecular flexibility index (Phi) is 4.24. The lowest BCUT2D eigenvalue weighted by Gasteiger charge is -2.17. The van der Waals surface area contributed by atoms with E-state index in [4.69, 9.17) is 14.7 Å². The number of carbonyl (C=O) groups excluding carboxylic acids is 1. The molecule has 2 rings (SSSR count). The molecule has 0 spiro atoms. The molecule has 0 saturated carbocycles. The maximum atomic E-state index is 11.8. The van der Waals surface area contributed by atoms with Crippen LogP contribution in [-0.4, -0.2) is 25.7 Å². The predicted octanol–water partition coefficient (Wildman–Crippen LogP) is 1.61. The summed E-state index contributed by atoms with van der Waals surface area (Å²) in [4.78, 5) is 11.8. The third-order valence-corrected chi connectivity index (χ3v) is 3.05. The number of amides is 1. The summed E-state index contributed by atoms with van der Waals surface area (Å²) in [5.41, 5.74) is 0.495. The molecule has 1 atom stereocenters. The number of nitriles is 1. The van der Waals surface area contributed by atoms with E-state index in [-0.39, 0.29) is 5.91 Å². The molecule has 1 saturated heterocycles. The molecule has 0 aromatic heterocycles. The van der Waals surface area contributed by atoms with E-state index in [1.807, 2.05) is 6.07 Å². The van der Waals surface area contributed by atoms with Gasteiger partial charge in [-0.3, -0.25) is 4.79 Å². The molecule has 0 radical (unpaired) electrons. The number of hydrogen-bond acceptors (Lipinski definition) is 4. The van der Waals surface area contributed by atoms with Crippen LogP contribution in [0.2, 0.25) is 0 Å². The zero-order chi connectivity index (χ0) is 13.7. The Morgan fingerprint density at radius 1 is 1.37 bits per heavy atom. The second kappa shape index (κ2) is 6.10. The van der Waals surface area contributed by atoms with E-state index in [1.54, 1.807) is 18.2 Å². The van der Waals surface area contributed by atoms with E-state index in [1.165, 1.54) is 7.11 Å². The second-order valence-electron chi connectivity index (χ2n) is 4.37. The van der Waals surface area contributed by atoms with Gasteiger partial charge in [0.25, 0.3) is 5.91 Å². The first-order valence-corrected chi connectivity index (χ1v) is 6.27. The number of benzene rings is 1. The van der Waals surface area contributed by atoms with Crippen molar-refractivity contribution in [2.45, 2.75) is 25.4 Å². The minimum Gasteiger partial charge on any atom is -0.493 e. The van der Waals surface area contributed by atoms with E-state index in [0.29, 0.717) is 30.0 Å². The molecule has 1 aromatic rings. The molecular weight excluding hydrogens is 244 g/mol. The highest BCUT2D eigenvalue weighted by atomic mass is 16.5. The molecule has 0 aliphatic carbocycles. The fraction of sp³-hybridized carbons (Fsp3) is 0.429. The van der Waals surface area contributed by atoms with Gasteiger partial charge in [-0.05, 0) is 31.4 Å². The highest BCUT2D eigenvalue weighted by molar-refractivity contribution is 5.81. The molecule has 100 valence electrons. The Morgan fingerprint density at radius 3 is 2.95 bits per heavy atom. The van der Waals surface area contributed by atoms with E-state index in [2.05, 4.69) is 5.32 Å². The zero-order valence-electron chi connectivity index (χ0n) is 10.8. The summed E-state index contributed by atoms with van der Waals surface area (Å²) < 4.78 is 10.9. The minimum absolute atomic E-state index is 0.0936. The standard InChI is InChI=1S/C14H16N2O3/c1-18-13-8-10(9-15)5-6-11(13)19-12-4-2-3-7-16-14(12)17/h5-6,8,12H,2-4,7H2,1H3,(H,16,17). The van der Waals surface area contributed by atoms with Crippen molar-refractivity contribution in [3.8, 4) is 17.6 Å². The van der Waals surface area contributed by atoms with Crippen LogP contribution in [0.5, 0.6) is 11.5 Å². The molecule has 19 heavy (non-hydrogen) atoms. The number of hydrogen-bond donors (Lipinski definition) is 1. The van der Waals surface area contributed by atoms with Crippen molar-refractivity contribution in [3.63, 3.8) is 0 Å². The predicted molar refractivity (Wildman–Crippen MR) is 69.0 cm³/mol. The van der Waals surface area contributed by atoms with Gasteiger partial charge >= 0.3 is 0 Å². The van der Waals surface area contributed by atoms with Gasteiger partial charge in [0.15, 0.2) is 17.6 Å². The van der Waals surface area contributed by atoms with Crippen LogP contribution in [0.1, 0.15) is 24.8 Å². The quantitative estimate of drug-likeness (QED) is 0.896. The molecule has 0 bridgehead atoms. The Labute approximate surface area is 112 Å². The Balaban J connectivity index is 2.17. The van der Waals surface area contributed by atoms with Gasteiger partial charge in [0.1, 0.15) is 0 Å². The summed E-state index contributed by atoms with van der Waals surface area (Å²) in [6.07, 6.45) is 2.11. The van der Waals surface area contributed by atoms with Crippen molar-refractivity contribution in [2.24, 2.45) is 0 Å². The zero-order valence-corrected chi connectivity index (χ0v) is 10.8. The number of rotatable bonds is 3. The lowest BCUT2D eigenvalue weighted by atomic mass is 10.1. The molecule has 1 aromatic carbocycles. The SMILES string of the molecule is COc1cc(C#N)ccc1OC1CCCCNC1=O. The molecule has 1 heterocycles. The van der Waals surface area contributed by atoms with Gasteiger partial charge in [-0.15, -0.1) is 0 Å². The van der Waals surface area contributed by atoms with Crippen molar-refractivity contribution >= 4 is 5.91 Å². The number of ether oxygens (including phenoxy) is 2. The van der Waals surface area contributed by atoms with Crippen LogP contribution in [0.4, 0.5) is 0 Å². The molecule has 1 unspecified atom stereocenters. The van der Waals surface area contributed by atoms with E-state index < -0.39 is 6.10 Å². The fourth-order valence-electron chi connectivity index (χ4n) is 2.01. The fourth-order valence-corrected chi connectivity index (χ4v) is 2.01. The molecule has 1 amide bonds. The Morgan fingerprint density at radius 2 is 2.21 bits per heavy atom. The summed E-state index contributed by atoms with van der Waals surface area (Å²) in [7, 11) is 1.51. The Hall–Kier alpha value is -2.22. The van der Waals surface area contributed by atoms with Gasteiger partial charge in [0.2, 0.25) is 0 Å². The van der Waals surface area contributed by atoms with Crippen LogP contribution in [-0.2, 0) is 4.79 Å². The monoisotopic (exact) mass is 260 g/mol. The van der Waals surface area contributed by atoms with Crippen LogP contribution >= 0.6 is 0 Å². The molecule has 1 aliphatic heterocycles. The lowest BCUT2D eigenvalue weighted by Crippen LogP contribution is -2.36. The van der Waals surface area contributed by atoms with Gasteiger partial charge in [-0.1, -0.05) is 0 Å². The summed E-state index contributed by atoms with van der Waals surface area (Å²) in [5, 5.41) is 11.7. The van der Waals surface area contributed by atoms with E-state index in [0.717, 1.165) is 12.8 Å². The van der Waals surface area contributed by atoms with E-state index in [9.17, 15) is 4.79 Å². The second-order valence-corrected chi connectivity index (χ2v) is 4.37. The van der Waals surface area contributed by atoms with Gasteiger partial charge < -0.3 is 14.8 Å². The third kappa shape index (κ3) is 3.16. The van der Waals surface area contributed by atoms with Crippen molar-refractivity contribution in [1.82, 2.24) is 5.32 Å². The normalized spacial score (nSPS) is 18.9. The van der Waals surface area contributed by atoms with E-state index >= 15 is 0 Å². The number of nitrogens with one attached hydrogen (secondary N) is 1. The summed E-state index contributed by atoms with van der Waals surface area (Å²) in [6, 6.07) is 6.95. The van der Waals surface area contributed by atoms with Crippen molar-refractivity contribution < 1.29 is 14.3 Å². The van der Waals surface area contributed by atoms with Gasteiger partial charge in [0.05, 0.1) is 18.7 Å². The average Bonchev–Trinajstić information content (AvgIpc) is 2.64. The number of methoxy groups -OCH3 is 1. The van der Waals surface area contributed by atoms with Gasteiger partial charge in [-0.2, -0.15) is 5.26 Å². The maximum Gasteiger partial charge on any atom is 0.261 e. The molecular formula is C14H16N2O3. The summed E-state index contributed by atoms with van der Waals surface area (Å²) >= 11 is 0. The first-order valence-electron chi connectivity index (χ1n) is 6.27. The van der Waals surface area contributed by atoms with Crippen LogP contribution < -0.4 is 14.8 Å². The molecule has 1 aliphatic rings. The van der Waals surface area contributed by atoms with Crippen LogP contribution in [0, 0.1) is 11.3 Å². The molecule has 1 fully saturated rings. The van der Waals surface area contributed by atoms with Crippen molar-refractivity contribution in [3.05, 3.63) is 23.8 Å². The van der Waals surface area contributed by atoms with Crippen LogP contribution in [0.15, 0.2) is 18.2 Å². The van der Waals surface area contributed by atoms with Crippen molar-refractivity contribution in [1.29, 1.82) is 5.26 Å². The first kappa shape index (κ1) is 13.2.